The first-order valence-electron chi connectivity index (χ1n) is 5.89. The Balaban J connectivity index is 2.35. The molecule has 0 aliphatic carbocycles. The normalized spacial score (nSPS) is 12.1. The minimum absolute atomic E-state index is 0.388. The number of ether oxygens (including phenoxy) is 1. The summed E-state index contributed by atoms with van der Waals surface area (Å²) >= 11 is 0. The van der Waals surface area contributed by atoms with E-state index < -0.39 is 0 Å². The molecule has 0 radical (unpaired) electrons. The second kappa shape index (κ2) is 5.48. The molecule has 0 spiro atoms. The van der Waals surface area contributed by atoms with Gasteiger partial charge in [-0.2, -0.15) is 0 Å². The topological polar surface area (TPSA) is 22.1 Å². The van der Waals surface area contributed by atoms with Gasteiger partial charge < -0.3 is 4.74 Å². The van der Waals surface area contributed by atoms with Crippen LogP contribution in [0.2, 0.25) is 0 Å². The van der Waals surface area contributed by atoms with Crippen molar-refractivity contribution < 1.29 is 4.74 Å². The zero-order chi connectivity index (χ0) is 12.1. The number of rotatable bonds is 4. The third-order valence-corrected chi connectivity index (χ3v) is 2.99. The Bertz CT molecular complexity index is 467. The fourth-order valence-corrected chi connectivity index (χ4v) is 2.10. The Morgan fingerprint density at radius 3 is 2.65 bits per heavy atom. The van der Waals surface area contributed by atoms with E-state index in [4.69, 9.17) is 4.74 Å². The van der Waals surface area contributed by atoms with Crippen LogP contribution in [-0.4, -0.2) is 12.1 Å². The van der Waals surface area contributed by atoms with E-state index in [9.17, 15) is 0 Å². The highest BCUT2D eigenvalue weighted by atomic mass is 16.5. The molecular formula is C15H17NO. The van der Waals surface area contributed by atoms with Crippen LogP contribution in [0.5, 0.6) is 5.75 Å². The number of nitrogens with zero attached hydrogens (tertiary/aromatic N) is 1. The summed E-state index contributed by atoms with van der Waals surface area (Å²) in [6.45, 7) is 2.19. The standard InChI is InChI=1S/C15H17NO/c1-3-15(13-7-5-9-16-11-13)12-6-4-8-14(10-12)17-2/h4-11,15H,3H2,1-2H3. The van der Waals surface area contributed by atoms with Gasteiger partial charge in [-0.25, -0.2) is 0 Å². The SMILES string of the molecule is CCC(c1cccnc1)c1cccc(OC)c1. The summed E-state index contributed by atoms with van der Waals surface area (Å²) in [5.41, 5.74) is 2.53. The maximum atomic E-state index is 5.27. The maximum absolute atomic E-state index is 5.27. The number of aromatic nitrogens is 1. The molecule has 1 aromatic carbocycles. The monoisotopic (exact) mass is 227 g/mol. The molecule has 0 amide bonds. The Morgan fingerprint density at radius 2 is 2.00 bits per heavy atom. The van der Waals surface area contributed by atoms with Crippen LogP contribution in [0.15, 0.2) is 48.8 Å². The van der Waals surface area contributed by atoms with Gasteiger partial charge in [-0.15, -0.1) is 0 Å². The van der Waals surface area contributed by atoms with Gasteiger partial charge in [0.05, 0.1) is 7.11 Å². The Kier molecular flexibility index (Phi) is 3.76. The fraction of sp³-hybridized carbons (Fsp3) is 0.267. The average molecular weight is 227 g/mol. The van der Waals surface area contributed by atoms with Crippen molar-refractivity contribution in [3.63, 3.8) is 0 Å². The molecule has 2 aromatic rings. The molecule has 2 rings (SSSR count). The van der Waals surface area contributed by atoms with E-state index in [1.54, 1.807) is 7.11 Å². The van der Waals surface area contributed by atoms with Crippen LogP contribution in [0.3, 0.4) is 0 Å². The summed E-state index contributed by atoms with van der Waals surface area (Å²) < 4.78 is 5.27. The van der Waals surface area contributed by atoms with Gasteiger partial charge in [-0.3, -0.25) is 4.98 Å². The summed E-state index contributed by atoms with van der Waals surface area (Å²) in [4.78, 5) is 4.19. The average Bonchev–Trinajstić information content (AvgIpc) is 2.41. The number of hydrogen-bond acceptors (Lipinski definition) is 2. The van der Waals surface area contributed by atoms with Crippen LogP contribution in [0.4, 0.5) is 0 Å². The Morgan fingerprint density at radius 1 is 1.18 bits per heavy atom. The predicted octanol–water partition coefficient (Wildman–Crippen LogP) is 3.63. The molecular weight excluding hydrogens is 210 g/mol. The predicted molar refractivity (Wildman–Crippen MR) is 69.4 cm³/mol. The quantitative estimate of drug-likeness (QED) is 0.795. The molecule has 0 fully saturated rings. The molecule has 1 aromatic heterocycles. The largest absolute Gasteiger partial charge is 0.497 e. The van der Waals surface area contributed by atoms with Crippen LogP contribution in [0.1, 0.15) is 30.4 Å². The van der Waals surface area contributed by atoms with E-state index in [1.807, 2.05) is 30.6 Å². The molecule has 0 saturated heterocycles. The number of methoxy groups -OCH3 is 1. The van der Waals surface area contributed by atoms with E-state index in [2.05, 4.69) is 30.1 Å². The molecule has 1 heterocycles. The third-order valence-electron chi connectivity index (χ3n) is 2.99. The molecule has 1 unspecified atom stereocenters. The number of hydrogen-bond donors (Lipinski definition) is 0. The smallest absolute Gasteiger partial charge is 0.119 e. The molecule has 0 bridgehead atoms. The van der Waals surface area contributed by atoms with Crippen molar-refractivity contribution in [2.75, 3.05) is 7.11 Å². The van der Waals surface area contributed by atoms with Crippen molar-refractivity contribution in [1.82, 2.24) is 4.98 Å². The minimum atomic E-state index is 0.388. The van der Waals surface area contributed by atoms with Gasteiger partial charge in [0.1, 0.15) is 5.75 Å². The Hall–Kier alpha value is -1.83. The van der Waals surface area contributed by atoms with E-state index in [0.29, 0.717) is 5.92 Å². The third kappa shape index (κ3) is 2.64. The van der Waals surface area contributed by atoms with Gasteiger partial charge in [-0.1, -0.05) is 25.1 Å². The van der Waals surface area contributed by atoms with Gasteiger partial charge in [0.25, 0.3) is 0 Å². The lowest BCUT2D eigenvalue weighted by Gasteiger charge is -2.16. The van der Waals surface area contributed by atoms with Gasteiger partial charge in [0, 0.05) is 18.3 Å². The highest BCUT2D eigenvalue weighted by Crippen LogP contribution is 2.29. The van der Waals surface area contributed by atoms with Crippen LogP contribution >= 0.6 is 0 Å². The van der Waals surface area contributed by atoms with Crippen molar-refractivity contribution in [3.05, 3.63) is 59.9 Å². The summed E-state index contributed by atoms with van der Waals surface area (Å²) in [5.74, 6) is 1.30. The van der Waals surface area contributed by atoms with E-state index in [-0.39, 0.29) is 0 Å². The second-order valence-electron chi connectivity index (χ2n) is 4.02. The van der Waals surface area contributed by atoms with Crippen molar-refractivity contribution in [2.24, 2.45) is 0 Å². The van der Waals surface area contributed by atoms with Gasteiger partial charge >= 0.3 is 0 Å². The van der Waals surface area contributed by atoms with E-state index in [1.165, 1.54) is 11.1 Å². The first-order chi connectivity index (χ1) is 8.35. The van der Waals surface area contributed by atoms with Crippen molar-refractivity contribution >= 4 is 0 Å². The van der Waals surface area contributed by atoms with Crippen molar-refractivity contribution in [1.29, 1.82) is 0 Å². The molecule has 0 saturated carbocycles. The summed E-state index contributed by atoms with van der Waals surface area (Å²) in [5, 5.41) is 0. The van der Waals surface area contributed by atoms with Gasteiger partial charge in [0.15, 0.2) is 0 Å². The lowest BCUT2D eigenvalue weighted by Crippen LogP contribution is -2.00. The zero-order valence-electron chi connectivity index (χ0n) is 10.3. The highest BCUT2D eigenvalue weighted by molar-refractivity contribution is 5.36. The van der Waals surface area contributed by atoms with Crippen molar-refractivity contribution in [2.45, 2.75) is 19.3 Å². The first kappa shape index (κ1) is 11.6. The number of benzene rings is 1. The summed E-state index contributed by atoms with van der Waals surface area (Å²) in [6.07, 6.45) is 4.80. The summed E-state index contributed by atoms with van der Waals surface area (Å²) in [6, 6.07) is 12.4. The van der Waals surface area contributed by atoms with Gasteiger partial charge in [-0.05, 0) is 35.7 Å². The molecule has 1 atom stereocenters. The molecule has 2 nitrogen and oxygen atoms in total. The van der Waals surface area contributed by atoms with Crippen LogP contribution < -0.4 is 4.74 Å². The van der Waals surface area contributed by atoms with Crippen LogP contribution in [0.25, 0.3) is 0 Å². The molecule has 0 N–H and O–H groups in total. The molecule has 17 heavy (non-hydrogen) atoms. The molecule has 88 valence electrons. The van der Waals surface area contributed by atoms with E-state index in [0.717, 1.165) is 12.2 Å². The van der Waals surface area contributed by atoms with Gasteiger partial charge in [0.2, 0.25) is 0 Å². The van der Waals surface area contributed by atoms with Crippen molar-refractivity contribution in [3.8, 4) is 5.75 Å². The minimum Gasteiger partial charge on any atom is -0.497 e. The highest BCUT2D eigenvalue weighted by Gasteiger charge is 2.12. The first-order valence-corrected chi connectivity index (χ1v) is 5.89. The summed E-state index contributed by atoms with van der Waals surface area (Å²) in [7, 11) is 1.70. The Labute approximate surface area is 102 Å². The van der Waals surface area contributed by atoms with Crippen LogP contribution in [0, 0.1) is 0 Å². The van der Waals surface area contributed by atoms with Crippen LogP contribution in [-0.2, 0) is 0 Å². The molecule has 0 aliphatic heterocycles. The lowest BCUT2D eigenvalue weighted by molar-refractivity contribution is 0.414. The number of pyridine rings is 1. The molecule has 0 aliphatic rings. The maximum Gasteiger partial charge on any atom is 0.119 e. The fourth-order valence-electron chi connectivity index (χ4n) is 2.10. The lowest BCUT2D eigenvalue weighted by atomic mass is 9.90. The molecule has 2 heteroatoms. The second-order valence-corrected chi connectivity index (χ2v) is 4.02. The zero-order valence-corrected chi connectivity index (χ0v) is 10.3. The van der Waals surface area contributed by atoms with E-state index >= 15 is 0 Å².